The summed E-state index contributed by atoms with van der Waals surface area (Å²) in [7, 11) is 0. The molecular formula is C21H20ClN5O4S. The van der Waals surface area contributed by atoms with Crippen molar-refractivity contribution >= 4 is 51.4 Å². The topological polar surface area (TPSA) is 115 Å². The van der Waals surface area contributed by atoms with E-state index in [0.717, 1.165) is 23.3 Å². The molecule has 1 aliphatic rings. The van der Waals surface area contributed by atoms with Crippen molar-refractivity contribution in [2.75, 3.05) is 17.2 Å². The Labute approximate surface area is 192 Å². The maximum Gasteiger partial charge on any atom is 0.341 e. The lowest BCUT2D eigenvalue weighted by Gasteiger charge is -2.12. The van der Waals surface area contributed by atoms with Crippen molar-refractivity contribution in [3.05, 3.63) is 51.9 Å². The van der Waals surface area contributed by atoms with E-state index in [2.05, 4.69) is 20.7 Å². The Hall–Kier alpha value is -3.24. The van der Waals surface area contributed by atoms with E-state index in [1.165, 1.54) is 28.7 Å². The third kappa shape index (κ3) is 4.81. The molecule has 166 valence electrons. The van der Waals surface area contributed by atoms with Crippen molar-refractivity contribution in [2.24, 2.45) is 5.92 Å². The molecule has 1 saturated carbocycles. The van der Waals surface area contributed by atoms with Gasteiger partial charge in [0.1, 0.15) is 17.7 Å². The van der Waals surface area contributed by atoms with E-state index in [1.54, 1.807) is 25.1 Å². The number of ether oxygens (including phenoxy) is 1. The van der Waals surface area contributed by atoms with Crippen LogP contribution in [0, 0.1) is 19.8 Å². The highest BCUT2D eigenvalue weighted by molar-refractivity contribution is 7.16. The molecule has 32 heavy (non-hydrogen) atoms. The first-order valence-electron chi connectivity index (χ1n) is 9.86. The van der Waals surface area contributed by atoms with Gasteiger partial charge < -0.3 is 15.4 Å². The standard InChI is InChI=1S/C21H20ClN5O4S/c1-11-12(2)32-20(26-19(29)13-3-4-13)18(11)21(30)31-8-17(28)25-15-7-14(22)5-6-16(15)27-10-23-9-24-27/h5-7,9-10,13H,3-4,8H2,1-2H3,(H,25,28)(H,26,29). The lowest BCUT2D eigenvalue weighted by Crippen LogP contribution is -2.22. The first-order valence-corrected chi connectivity index (χ1v) is 11.1. The van der Waals surface area contributed by atoms with Gasteiger partial charge in [-0.15, -0.1) is 11.3 Å². The third-order valence-corrected chi connectivity index (χ3v) is 6.36. The Morgan fingerprint density at radius 2 is 2.03 bits per heavy atom. The molecule has 2 N–H and O–H groups in total. The molecule has 0 saturated heterocycles. The highest BCUT2D eigenvalue weighted by atomic mass is 35.5. The first-order chi connectivity index (χ1) is 15.3. The minimum Gasteiger partial charge on any atom is -0.452 e. The van der Waals surface area contributed by atoms with E-state index >= 15 is 0 Å². The van der Waals surface area contributed by atoms with E-state index in [4.69, 9.17) is 16.3 Å². The molecule has 4 rings (SSSR count). The molecule has 0 spiro atoms. The molecule has 0 unspecified atom stereocenters. The lowest BCUT2D eigenvalue weighted by molar-refractivity contribution is -0.119. The average Bonchev–Trinajstić information content (AvgIpc) is 3.40. The van der Waals surface area contributed by atoms with Gasteiger partial charge in [0.25, 0.3) is 5.91 Å². The van der Waals surface area contributed by atoms with Crippen LogP contribution in [0.3, 0.4) is 0 Å². The second kappa shape index (κ2) is 9.09. The number of amides is 2. The molecule has 1 fully saturated rings. The van der Waals surface area contributed by atoms with Crippen LogP contribution in [0.5, 0.6) is 0 Å². The molecule has 0 aliphatic heterocycles. The average molecular weight is 474 g/mol. The zero-order chi connectivity index (χ0) is 22.8. The van der Waals surface area contributed by atoms with Crippen molar-refractivity contribution in [3.63, 3.8) is 0 Å². The number of carbonyl (C=O) groups excluding carboxylic acids is 3. The van der Waals surface area contributed by atoms with Crippen molar-refractivity contribution in [3.8, 4) is 5.69 Å². The molecule has 3 aromatic rings. The number of anilines is 2. The number of hydrogen-bond acceptors (Lipinski definition) is 7. The number of aromatic nitrogens is 3. The molecule has 0 atom stereocenters. The summed E-state index contributed by atoms with van der Waals surface area (Å²) in [5.41, 5.74) is 1.94. The Balaban J connectivity index is 1.44. The number of benzene rings is 1. The van der Waals surface area contributed by atoms with Crippen LogP contribution in [-0.2, 0) is 14.3 Å². The number of halogens is 1. The molecule has 1 aliphatic carbocycles. The van der Waals surface area contributed by atoms with Crippen molar-refractivity contribution < 1.29 is 19.1 Å². The lowest BCUT2D eigenvalue weighted by atomic mass is 10.1. The van der Waals surface area contributed by atoms with Crippen molar-refractivity contribution in [1.29, 1.82) is 0 Å². The number of esters is 1. The fourth-order valence-corrected chi connectivity index (χ4v) is 4.27. The third-order valence-electron chi connectivity index (χ3n) is 5.01. The van der Waals surface area contributed by atoms with Crippen LogP contribution in [-0.4, -0.2) is 39.2 Å². The van der Waals surface area contributed by atoms with Crippen LogP contribution >= 0.6 is 22.9 Å². The van der Waals surface area contributed by atoms with Crippen LogP contribution in [0.25, 0.3) is 5.69 Å². The normalized spacial score (nSPS) is 13.0. The molecular weight excluding hydrogens is 454 g/mol. The van der Waals surface area contributed by atoms with E-state index in [0.29, 0.717) is 21.4 Å². The Morgan fingerprint density at radius 1 is 1.25 bits per heavy atom. The summed E-state index contributed by atoms with van der Waals surface area (Å²) < 4.78 is 6.73. The van der Waals surface area contributed by atoms with Gasteiger partial charge in [0, 0.05) is 15.8 Å². The van der Waals surface area contributed by atoms with Gasteiger partial charge in [-0.2, -0.15) is 5.10 Å². The molecule has 2 amide bonds. The fourth-order valence-electron chi connectivity index (χ4n) is 3.05. The monoisotopic (exact) mass is 473 g/mol. The number of aryl methyl sites for hydroxylation is 1. The summed E-state index contributed by atoms with van der Waals surface area (Å²) in [6, 6.07) is 4.91. The summed E-state index contributed by atoms with van der Waals surface area (Å²) in [4.78, 5) is 42.2. The molecule has 11 heteroatoms. The van der Waals surface area contributed by atoms with Gasteiger partial charge in [-0.3, -0.25) is 9.59 Å². The minimum atomic E-state index is -0.671. The number of carbonyl (C=O) groups is 3. The Morgan fingerprint density at radius 3 is 2.72 bits per heavy atom. The maximum absolute atomic E-state index is 12.7. The predicted octanol–water partition coefficient (Wildman–Crippen LogP) is 3.74. The van der Waals surface area contributed by atoms with E-state index < -0.39 is 18.5 Å². The van der Waals surface area contributed by atoms with Crippen molar-refractivity contribution in [1.82, 2.24) is 14.8 Å². The van der Waals surface area contributed by atoms with Crippen LogP contribution in [0.15, 0.2) is 30.9 Å². The zero-order valence-electron chi connectivity index (χ0n) is 17.3. The Kier molecular flexibility index (Phi) is 6.24. The number of nitrogens with zero attached hydrogens (tertiary/aromatic N) is 3. The SMILES string of the molecule is Cc1sc(NC(=O)C2CC2)c(C(=O)OCC(=O)Nc2cc(Cl)ccc2-n2cncn2)c1C. The summed E-state index contributed by atoms with van der Waals surface area (Å²) in [5.74, 6) is -1.31. The van der Waals surface area contributed by atoms with Crippen LogP contribution in [0.2, 0.25) is 5.02 Å². The summed E-state index contributed by atoms with van der Waals surface area (Å²) in [6.45, 7) is 3.14. The molecule has 1 aromatic carbocycles. The van der Waals surface area contributed by atoms with Gasteiger partial charge in [0.05, 0.1) is 16.9 Å². The highest BCUT2D eigenvalue weighted by Crippen LogP contribution is 2.36. The van der Waals surface area contributed by atoms with Crippen LogP contribution in [0.4, 0.5) is 10.7 Å². The number of rotatable bonds is 7. The second-order valence-electron chi connectivity index (χ2n) is 7.38. The van der Waals surface area contributed by atoms with Crippen LogP contribution in [0.1, 0.15) is 33.6 Å². The quantitative estimate of drug-likeness (QED) is 0.505. The van der Waals surface area contributed by atoms with E-state index in [-0.39, 0.29) is 17.4 Å². The first kappa shape index (κ1) is 22.0. The van der Waals surface area contributed by atoms with Crippen LogP contribution < -0.4 is 10.6 Å². The van der Waals surface area contributed by atoms with Gasteiger partial charge in [-0.1, -0.05) is 11.6 Å². The zero-order valence-corrected chi connectivity index (χ0v) is 18.9. The minimum absolute atomic E-state index is 0.00393. The highest BCUT2D eigenvalue weighted by Gasteiger charge is 2.31. The second-order valence-corrected chi connectivity index (χ2v) is 9.04. The van der Waals surface area contributed by atoms with Gasteiger partial charge in [-0.25, -0.2) is 14.5 Å². The largest absolute Gasteiger partial charge is 0.452 e. The maximum atomic E-state index is 12.7. The summed E-state index contributed by atoms with van der Waals surface area (Å²) in [6.07, 6.45) is 4.56. The Bertz CT molecular complexity index is 1190. The predicted molar refractivity (Wildman–Crippen MR) is 120 cm³/mol. The molecule has 0 radical (unpaired) electrons. The number of hydrogen-bond donors (Lipinski definition) is 2. The molecule has 2 aromatic heterocycles. The van der Waals surface area contributed by atoms with E-state index in [1.807, 2.05) is 6.92 Å². The van der Waals surface area contributed by atoms with Gasteiger partial charge >= 0.3 is 5.97 Å². The fraction of sp³-hybridized carbons (Fsp3) is 0.286. The summed E-state index contributed by atoms with van der Waals surface area (Å²) in [5, 5.41) is 10.4. The molecule has 0 bridgehead atoms. The number of nitrogens with one attached hydrogen (secondary N) is 2. The smallest absolute Gasteiger partial charge is 0.341 e. The summed E-state index contributed by atoms with van der Waals surface area (Å²) >= 11 is 7.38. The number of thiophene rings is 1. The molecule has 2 heterocycles. The van der Waals surface area contributed by atoms with Gasteiger partial charge in [-0.05, 0) is 50.5 Å². The van der Waals surface area contributed by atoms with Crippen molar-refractivity contribution in [2.45, 2.75) is 26.7 Å². The van der Waals surface area contributed by atoms with Gasteiger partial charge in [0.2, 0.25) is 5.91 Å². The van der Waals surface area contributed by atoms with E-state index in [9.17, 15) is 14.4 Å². The van der Waals surface area contributed by atoms with Gasteiger partial charge in [0.15, 0.2) is 6.61 Å². The molecule has 9 nitrogen and oxygen atoms in total.